The second-order valence-electron chi connectivity index (χ2n) is 3.65. The Kier molecular flexibility index (Phi) is 5.00. The molecule has 0 bridgehead atoms. The quantitative estimate of drug-likeness (QED) is 0.585. The molecule has 0 saturated heterocycles. The number of alkyl halides is 12. The number of amides is 1. The minimum atomic E-state index is -7.82. The van der Waals surface area contributed by atoms with Gasteiger partial charge in [-0.25, -0.2) is 8.78 Å². The van der Waals surface area contributed by atoms with Gasteiger partial charge in [-0.15, -0.1) is 0 Å². The van der Waals surface area contributed by atoms with Crippen LogP contribution in [-0.4, -0.2) is 41.9 Å². The molecule has 1 N–H and O–H groups in total. The maximum absolute atomic E-state index is 12.8. The Hall–Kier alpha value is -1.41. The lowest BCUT2D eigenvalue weighted by Crippen LogP contribution is -2.70. The van der Waals surface area contributed by atoms with E-state index in [2.05, 4.69) is 0 Å². The Bertz CT molecular complexity index is 433. The van der Waals surface area contributed by atoms with Gasteiger partial charge in [-0.1, -0.05) is 0 Å². The summed E-state index contributed by atoms with van der Waals surface area (Å²) in [7, 11) is 0. The maximum Gasteiger partial charge on any atom is 0.391 e. The van der Waals surface area contributed by atoms with Gasteiger partial charge in [0, 0.05) is 0 Å². The van der Waals surface area contributed by atoms with Gasteiger partial charge in [-0.05, 0) is 0 Å². The van der Waals surface area contributed by atoms with Crippen molar-refractivity contribution in [2.45, 2.75) is 36.0 Å². The zero-order chi connectivity index (χ0) is 18.4. The molecule has 0 fully saturated rings. The van der Waals surface area contributed by atoms with Crippen LogP contribution in [0.5, 0.6) is 0 Å². The predicted molar refractivity (Wildman–Crippen MR) is 42.2 cm³/mol. The molecule has 0 saturated carbocycles. The number of halogens is 12. The Balaban J connectivity index is 6.17. The highest BCUT2D eigenvalue weighted by atomic mass is 19.4. The summed E-state index contributed by atoms with van der Waals surface area (Å²) < 4.78 is 149. The third kappa shape index (κ3) is 2.44. The van der Waals surface area contributed by atoms with Crippen LogP contribution in [0.25, 0.3) is 0 Å². The van der Waals surface area contributed by atoms with Crippen LogP contribution in [0.3, 0.4) is 0 Å². The molecule has 0 atom stereocenters. The highest BCUT2D eigenvalue weighted by molar-refractivity contribution is 5.85. The molecule has 0 unspecified atom stereocenters. The molecule has 3 nitrogen and oxygen atoms in total. The lowest BCUT2D eigenvalue weighted by atomic mass is 9.94. The Morgan fingerprint density at radius 1 is 0.773 bits per heavy atom. The maximum atomic E-state index is 12.8. The van der Waals surface area contributed by atoms with E-state index >= 15 is 0 Å². The average molecular weight is 360 g/mol. The number of nitrogens with one attached hydrogen (secondary N) is 1. The number of hydrogen-bond acceptors (Lipinski definition) is 2. The van der Waals surface area contributed by atoms with Crippen LogP contribution in [-0.2, 0) is 4.79 Å². The second-order valence-corrected chi connectivity index (χ2v) is 3.65. The number of hydrogen-bond donors (Lipinski definition) is 1. The van der Waals surface area contributed by atoms with Crippen molar-refractivity contribution >= 4 is 5.91 Å². The molecule has 0 aromatic heterocycles. The van der Waals surface area contributed by atoms with E-state index < -0.39 is 47.4 Å². The van der Waals surface area contributed by atoms with Crippen molar-refractivity contribution in [2.75, 3.05) is 0 Å². The Morgan fingerprint density at radius 3 is 1.41 bits per heavy atom. The van der Waals surface area contributed by atoms with Gasteiger partial charge in [0.05, 0.1) is 0 Å². The molecule has 0 rings (SSSR count). The SMILES string of the molecule is O=C(N[O-])C(F)(F)C(F)(F)C(F)(F)C(F)(F)C(F)(F)C(F)F. The van der Waals surface area contributed by atoms with E-state index in [-0.39, 0.29) is 0 Å². The van der Waals surface area contributed by atoms with Gasteiger partial charge in [-0.2, -0.15) is 43.9 Å². The monoisotopic (exact) mass is 360 g/mol. The topological polar surface area (TPSA) is 52.2 Å². The molecule has 0 aliphatic rings. The molecule has 0 aliphatic carbocycles. The first-order valence-electron chi connectivity index (χ1n) is 4.52. The van der Waals surface area contributed by atoms with E-state index in [1.54, 1.807) is 0 Å². The fourth-order valence-electron chi connectivity index (χ4n) is 0.947. The number of hydroxylamine groups is 1. The van der Waals surface area contributed by atoms with Crippen molar-refractivity contribution in [1.82, 2.24) is 5.48 Å². The van der Waals surface area contributed by atoms with E-state index in [0.717, 1.165) is 0 Å². The molecule has 0 spiro atoms. The van der Waals surface area contributed by atoms with Crippen molar-refractivity contribution in [1.29, 1.82) is 0 Å². The normalized spacial score (nSPS) is 15.2. The van der Waals surface area contributed by atoms with Gasteiger partial charge in [0.25, 0.3) is 5.91 Å². The summed E-state index contributed by atoms with van der Waals surface area (Å²) in [5.41, 5.74) is -0.536. The molecule has 132 valence electrons. The van der Waals surface area contributed by atoms with Crippen molar-refractivity contribution in [3.05, 3.63) is 5.21 Å². The van der Waals surface area contributed by atoms with Crippen LogP contribution in [0.4, 0.5) is 52.7 Å². The van der Waals surface area contributed by atoms with E-state index in [0.29, 0.717) is 0 Å². The van der Waals surface area contributed by atoms with Gasteiger partial charge < -0.3 is 10.7 Å². The summed E-state index contributed by atoms with van der Waals surface area (Å²) in [5, 5.41) is 9.49. The first-order chi connectivity index (χ1) is 9.42. The summed E-state index contributed by atoms with van der Waals surface area (Å²) in [4.78, 5) is 10.1. The third-order valence-corrected chi connectivity index (χ3v) is 2.25. The molecule has 0 aromatic rings. The van der Waals surface area contributed by atoms with Crippen molar-refractivity contribution in [3.63, 3.8) is 0 Å². The van der Waals surface area contributed by atoms with Crippen molar-refractivity contribution in [3.8, 4) is 0 Å². The Labute approximate surface area is 111 Å². The first kappa shape index (κ1) is 20.6. The van der Waals surface area contributed by atoms with Crippen LogP contribution >= 0.6 is 0 Å². The Morgan fingerprint density at radius 2 is 1.14 bits per heavy atom. The zero-order valence-electron chi connectivity index (χ0n) is 9.43. The van der Waals surface area contributed by atoms with Gasteiger partial charge in [0.1, 0.15) is 0 Å². The van der Waals surface area contributed by atoms with Crippen LogP contribution in [0.15, 0.2) is 0 Å². The lowest BCUT2D eigenvalue weighted by Gasteiger charge is -2.38. The van der Waals surface area contributed by atoms with Gasteiger partial charge in [-0.3, -0.25) is 4.79 Å². The van der Waals surface area contributed by atoms with E-state index in [9.17, 15) is 62.7 Å². The van der Waals surface area contributed by atoms with Gasteiger partial charge in [0.15, 0.2) is 0 Å². The van der Waals surface area contributed by atoms with Crippen LogP contribution in [0.1, 0.15) is 0 Å². The molecule has 0 aliphatic heterocycles. The van der Waals surface area contributed by atoms with Crippen LogP contribution < -0.4 is 5.48 Å². The number of carbonyl (C=O) groups excluding carboxylic acids is 1. The summed E-state index contributed by atoms with van der Waals surface area (Å²) >= 11 is 0. The number of carbonyl (C=O) groups is 1. The molecule has 15 heteroatoms. The molecule has 0 aromatic carbocycles. The van der Waals surface area contributed by atoms with Crippen LogP contribution in [0.2, 0.25) is 0 Å². The standard InChI is InChI=1S/C7H2F12NO2/c8-1(9)3(10,11)5(14,15)7(18,19)6(16,17)4(12,13)2(21)20-22/h1H,(H-,20,21,22)/q-1. The largest absolute Gasteiger partial charge is 0.759 e. The number of rotatable bonds is 6. The van der Waals surface area contributed by atoms with Crippen molar-refractivity contribution in [2.24, 2.45) is 0 Å². The summed E-state index contributed by atoms with van der Waals surface area (Å²) in [6.07, 6.45) is -5.63. The van der Waals surface area contributed by atoms with Gasteiger partial charge in [0.2, 0.25) is 0 Å². The molecule has 1 amide bonds. The van der Waals surface area contributed by atoms with E-state index in [4.69, 9.17) is 0 Å². The fraction of sp³-hybridized carbons (Fsp3) is 0.857. The highest BCUT2D eigenvalue weighted by Crippen LogP contribution is 2.58. The molecule has 0 heterocycles. The molecular weight excluding hydrogens is 358 g/mol. The molecule has 22 heavy (non-hydrogen) atoms. The third-order valence-electron chi connectivity index (χ3n) is 2.25. The zero-order valence-corrected chi connectivity index (χ0v) is 9.43. The predicted octanol–water partition coefficient (Wildman–Crippen LogP) is 3.04. The minimum absolute atomic E-state index is 0.536. The van der Waals surface area contributed by atoms with Crippen molar-refractivity contribution < 1.29 is 57.5 Å². The first-order valence-corrected chi connectivity index (χ1v) is 4.52. The fourth-order valence-corrected chi connectivity index (χ4v) is 0.947. The summed E-state index contributed by atoms with van der Waals surface area (Å²) in [6.45, 7) is 0. The van der Waals surface area contributed by atoms with E-state index in [1.165, 1.54) is 0 Å². The summed E-state index contributed by atoms with van der Waals surface area (Å²) in [5.74, 6) is -40.9. The van der Waals surface area contributed by atoms with E-state index in [1.807, 2.05) is 0 Å². The highest BCUT2D eigenvalue weighted by Gasteiger charge is 2.88. The molecule has 0 radical (unpaired) electrons. The molecular formula is C7H2F12NO2-. The smallest absolute Gasteiger partial charge is 0.391 e. The summed E-state index contributed by atoms with van der Waals surface area (Å²) in [6, 6.07) is 0. The van der Waals surface area contributed by atoms with Crippen LogP contribution in [0, 0.1) is 5.21 Å². The lowest BCUT2D eigenvalue weighted by molar-refractivity contribution is -0.406. The second kappa shape index (κ2) is 5.34. The van der Waals surface area contributed by atoms with Gasteiger partial charge >= 0.3 is 36.0 Å². The minimum Gasteiger partial charge on any atom is -0.759 e. The average Bonchev–Trinajstić information content (AvgIpc) is 2.36.